The SMILES string of the molecule is COCCOc1cc(-c2cccc([C@H](N)C(F)CCO[Si](C)(C)C(C)(C)C)n2)cc2c1cnn2-c1cccc(CO)n1. The van der Waals surface area contributed by atoms with Gasteiger partial charge in [-0.15, -0.1) is 0 Å². The number of nitrogens with zero attached hydrogens (tertiary/aromatic N) is 4. The number of aromatic nitrogens is 4. The fraction of sp³-hybridized carbons (Fsp3) is 0.452. The molecule has 3 N–H and O–H groups in total. The van der Waals surface area contributed by atoms with Gasteiger partial charge in [0.2, 0.25) is 0 Å². The smallest absolute Gasteiger partial charge is 0.191 e. The van der Waals surface area contributed by atoms with E-state index < -0.39 is 20.5 Å². The summed E-state index contributed by atoms with van der Waals surface area (Å²) in [6.07, 6.45) is 0.606. The number of pyridine rings is 2. The maximum absolute atomic E-state index is 15.3. The van der Waals surface area contributed by atoms with Crippen LogP contribution in [0.4, 0.5) is 4.39 Å². The zero-order valence-electron chi connectivity index (χ0n) is 25.3. The van der Waals surface area contributed by atoms with E-state index in [9.17, 15) is 5.11 Å². The molecule has 3 heterocycles. The molecule has 0 bridgehead atoms. The lowest BCUT2D eigenvalue weighted by molar-refractivity contribution is 0.147. The quantitative estimate of drug-likeness (QED) is 0.148. The molecule has 0 saturated heterocycles. The second-order valence-electron chi connectivity index (χ2n) is 11.8. The molecule has 0 aliphatic carbocycles. The molecule has 3 aromatic heterocycles. The number of nitrogens with two attached hydrogens (primary N) is 1. The lowest BCUT2D eigenvalue weighted by atomic mass is 10.0. The van der Waals surface area contributed by atoms with E-state index >= 15 is 4.39 Å². The van der Waals surface area contributed by atoms with Crippen molar-refractivity contribution < 1.29 is 23.4 Å². The van der Waals surface area contributed by atoms with E-state index in [0.29, 0.717) is 48.5 Å². The average Bonchev–Trinajstić information content (AvgIpc) is 3.40. The number of hydrogen-bond acceptors (Lipinski definition) is 8. The predicted octanol–water partition coefficient (Wildman–Crippen LogP) is 5.75. The summed E-state index contributed by atoms with van der Waals surface area (Å²) in [6, 6.07) is 13.7. The topological polar surface area (TPSA) is 118 Å². The standard InChI is InChI=1S/C31H42FN5O4Si/c1-31(2,3)42(5,6)41-14-13-24(32)30(33)26-11-8-10-25(36-26)21-17-27-23(28(18-21)40-16-15-39-4)19-34-37(27)29-12-7-9-22(20-38)35-29/h7-12,17-19,24,30,38H,13-16,20,33H2,1-6H3/t24?,30-/m1/s1. The minimum atomic E-state index is -1.97. The number of alkyl halides is 1. The first-order valence-corrected chi connectivity index (χ1v) is 17.1. The maximum Gasteiger partial charge on any atom is 0.191 e. The molecule has 11 heteroatoms. The summed E-state index contributed by atoms with van der Waals surface area (Å²) < 4.78 is 34.4. The lowest BCUT2D eigenvalue weighted by Crippen LogP contribution is -2.41. The van der Waals surface area contributed by atoms with Crippen LogP contribution < -0.4 is 10.5 Å². The third-order valence-corrected chi connectivity index (χ3v) is 12.4. The van der Waals surface area contributed by atoms with Crippen LogP contribution in [0.5, 0.6) is 5.75 Å². The van der Waals surface area contributed by atoms with Crippen LogP contribution >= 0.6 is 0 Å². The van der Waals surface area contributed by atoms with Crippen LogP contribution in [0.25, 0.3) is 28.0 Å². The van der Waals surface area contributed by atoms with Gasteiger partial charge in [0.15, 0.2) is 14.1 Å². The van der Waals surface area contributed by atoms with E-state index in [0.717, 1.165) is 16.5 Å². The Hall–Kier alpha value is -3.22. The van der Waals surface area contributed by atoms with E-state index in [2.05, 4.69) is 43.9 Å². The molecule has 4 rings (SSSR count). The van der Waals surface area contributed by atoms with E-state index in [4.69, 9.17) is 24.6 Å². The fourth-order valence-corrected chi connectivity index (χ4v) is 5.32. The Kier molecular flexibility index (Phi) is 10.1. The predicted molar refractivity (Wildman–Crippen MR) is 165 cm³/mol. The summed E-state index contributed by atoms with van der Waals surface area (Å²) in [5, 5.41) is 15.0. The second-order valence-corrected chi connectivity index (χ2v) is 16.6. The van der Waals surface area contributed by atoms with Crippen molar-refractivity contribution in [2.75, 3.05) is 26.9 Å². The highest BCUT2D eigenvalue weighted by Crippen LogP contribution is 2.37. The minimum absolute atomic E-state index is 0.0527. The second kappa shape index (κ2) is 13.4. The lowest BCUT2D eigenvalue weighted by Gasteiger charge is -2.36. The zero-order chi connectivity index (χ0) is 30.5. The Labute approximate surface area is 248 Å². The van der Waals surface area contributed by atoms with Gasteiger partial charge in [0.05, 0.1) is 53.4 Å². The molecule has 1 aromatic carbocycles. The molecule has 0 amide bonds. The molecule has 0 saturated carbocycles. The number of aliphatic hydroxyl groups is 1. The van der Waals surface area contributed by atoms with Crippen LogP contribution in [0.3, 0.4) is 0 Å². The number of benzene rings is 1. The molecular weight excluding hydrogens is 553 g/mol. The van der Waals surface area contributed by atoms with Gasteiger partial charge >= 0.3 is 0 Å². The molecule has 226 valence electrons. The molecular formula is C31H42FN5O4Si. The molecule has 4 aromatic rings. The molecule has 0 spiro atoms. The summed E-state index contributed by atoms with van der Waals surface area (Å²) in [5.41, 5.74) is 9.47. The summed E-state index contributed by atoms with van der Waals surface area (Å²) in [5.74, 6) is 1.16. The maximum atomic E-state index is 15.3. The van der Waals surface area contributed by atoms with Crippen molar-refractivity contribution in [2.24, 2.45) is 5.73 Å². The fourth-order valence-electron chi connectivity index (χ4n) is 4.26. The average molecular weight is 596 g/mol. The van der Waals surface area contributed by atoms with Gasteiger partial charge in [-0.3, -0.25) is 4.98 Å². The van der Waals surface area contributed by atoms with Crippen molar-refractivity contribution in [1.29, 1.82) is 0 Å². The third kappa shape index (κ3) is 7.21. The first-order valence-electron chi connectivity index (χ1n) is 14.2. The van der Waals surface area contributed by atoms with Crippen molar-refractivity contribution in [3.05, 3.63) is 66.1 Å². The molecule has 0 aliphatic rings. The molecule has 42 heavy (non-hydrogen) atoms. The van der Waals surface area contributed by atoms with Crippen molar-refractivity contribution in [2.45, 2.75) is 64.1 Å². The van der Waals surface area contributed by atoms with Crippen molar-refractivity contribution in [1.82, 2.24) is 19.7 Å². The normalized spacial score (nSPS) is 13.8. The van der Waals surface area contributed by atoms with Crippen LogP contribution in [-0.4, -0.2) is 66.3 Å². The van der Waals surface area contributed by atoms with E-state index in [1.807, 2.05) is 36.4 Å². The van der Waals surface area contributed by atoms with Crippen LogP contribution in [0.1, 0.15) is 44.6 Å². The number of rotatable bonds is 13. The molecule has 1 unspecified atom stereocenters. The monoisotopic (exact) mass is 595 g/mol. The van der Waals surface area contributed by atoms with E-state index in [1.165, 1.54) is 0 Å². The third-order valence-electron chi connectivity index (χ3n) is 7.83. The summed E-state index contributed by atoms with van der Waals surface area (Å²) in [7, 11) is -0.360. The number of hydrogen-bond donors (Lipinski definition) is 2. The molecule has 0 aliphatic heterocycles. The van der Waals surface area contributed by atoms with Crippen molar-refractivity contribution in [3.63, 3.8) is 0 Å². The van der Waals surface area contributed by atoms with Crippen LogP contribution in [0.2, 0.25) is 18.1 Å². The van der Waals surface area contributed by atoms with Gasteiger partial charge in [-0.05, 0) is 54.5 Å². The molecule has 2 atom stereocenters. The zero-order valence-corrected chi connectivity index (χ0v) is 26.3. The van der Waals surface area contributed by atoms with Gasteiger partial charge in [-0.1, -0.05) is 32.9 Å². The largest absolute Gasteiger partial charge is 0.490 e. The van der Waals surface area contributed by atoms with E-state index in [-0.39, 0.29) is 18.1 Å². The number of fused-ring (bicyclic) bond motifs is 1. The Bertz CT molecular complexity index is 1490. The first kappa shape index (κ1) is 31.7. The van der Waals surface area contributed by atoms with Gasteiger partial charge in [-0.25, -0.2) is 14.1 Å². The van der Waals surface area contributed by atoms with Crippen LogP contribution in [-0.2, 0) is 15.8 Å². The Balaban J connectivity index is 1.64. The van der Waals surface area contributed by atoms with Gasteiger partial charge in [0.1, 0.15) is 18.5 Å². The van der Waals surface area contributed by atoms with Crippen molar-refractivity contribution in [3.8, 4) is 22.8 Å². The van der Waals surface area contributed by atoms with Gasteiger partial charge < -0.3 is 24.7 Å². The van der Waals surface area contributed by atoms with Gasteiger partial charge in [0.25, 0.3) is 0 Å². The van der Waals surface area contributed by atoms with Gasteiger partial charge in [-0.2, -0.15) is 5.10 Å². The highest BCUT2D eigenvalue weighted by molar-refractivity contribution is 6.74. The molecule has 0 radical (unpaired) electrons. The number of methoxy groups -OCH3 is 1. The van der Waals surface area contributed by atoms with Crippen LogP contribution in [0.15, 0.2) is 54.7 Å². The van der Waals surface area contributed by atoms with E-state index in [1.54, 1.807) is 30.1 Å². The number of aliphatic hydroxyl groups excluding tert-OH is 1. The Morgan fingerprint density at radius 1 is 1.05 bits per heavy atom. The summed E-state index contributed by atoms with van der Waals surface area (Å²) >= 11 is 0. The number of halogens is 1. The molecule has 9 nitrogen and oxygen atoms in total. The number of ether oxygens (including phenoxy) is 2. The first-order chi connectivity index (χ1) is 19.9. The Morgan fingerprint density at radius 3 is 2.52 bits per heavy atom. The van der Waals surface area contributed by atoms with Crippen LogP contribution in [0, 0.1) is 0 Å². The molecule has 0 fully saturated rings. The summed E-state index contributed by atoms with van der Waals surface area (Å²) in [4.78, 5) is 9.27. The minimum Gasteiger partial charge on any atom is -0.490 e. The van der Waals surface area contributed by atoms with Crippen molar-refractivity contribution >= 4 is 19.2 Å². The van der Waals surface area contributed by atoms with Gasteiger partial charge in [0, 0.05) is 25.7 Å². The highest BCUT2D eigenvalue weighted by Gasteiger charge is 2.37. The summed E-state index contributed by atoms with van der Waals surface area (Å²) in [6.45, 7) is 11.7. The Morgan fingerprint density at radius 2 is 1.81 bits per heavy atom. The highest BCUT2D eigenvalue weighted by atomic mass is 28.4.